The number of hydrogen-bond acceptors (Lipinski definition) is 3. The maximum absolute atomic E-state index is 12.3. The fourth-order valence-electron chi connectivity index (χ4n) is 1.80. The van der Waals surface area contributed by atoms with E-state index in [-0.39, 0.29) is 11.0 Å². The zero-order valence-electron chi connectivity index (χ0n) is 12.0. The molecule has 2 aromatic carbocycles. The summed E-state index contributed by atoms with van der Waals surface area (Å²) in [4.78, 5) is 0.125. The third-order valence-corrected chi connectivity index (χ3v) is 4.45. The van der Waals surface area contributed by atoms with Crippen molar-refractivity contribution in [1.29, 1.82) is 0 Å². The quantitative estimate of drug-likeness (QED) is 0.849. The molecule has 0 heterocycles. The van der Waals surface area contributed by atoms with Crippen molar-refractivity contribution in [1.82, 2.24) is 0 Å². The Morgan fingerprint density at radius 3 is 2.05 bits per heavy atom. The maximum atomic E-state index is 12.3. The molecule has 2 aromatic rings. The molecular formula is C15H15Cl2NO3S. The van der Waals surface area contributed by atoms with Gasteiger partial charge in [0, 0.05) is 10.0 Å². The van der Waals surface area contributed by atoms with Gasteiger partial charge in [0.15, 0.2) is 0 Å². The van der Waals surface area contributed by atoms with Crippen molar-refractivity contribution in [2.45, 2.75) is 24.8 Å². The standard InChI is InChI=1S/C15H15Cl2NO3S/c1-10(2)21-14-3-5-15(6-4-14)22(19,20)18-13-8-11(16)7-12(17)9-13/h3-10,18H,1-2H3. The first-order valence-electron chi connectivity index (χ1n) is 6.52. The second-order valence-electron chi connectivity index (χ2n) is 4.90. The number of sulfonamides is 1. The van der Waals surface area contributed by atoms with E-state index in [4.69, 9.17) is 27.9 Å². The normalized spacial score (nSPS) is 11.5. The van der Waals surface area contributed by atoms with Crippen LogP contribution in [0.25, 0.3) is 0 Å². The lowest BCUT2D eigenvalue weighted by Gasteiger charge is -2.11. The Hall–Kier alpha value is -1.43. The van der Waals surface area contributed by atoms with Crippen LogP contribution in [-0.2, 0) is 10.0 Å². The van der Waals surface area contributed by atoms with E-state index in [9.17, 15) is 8.42 Å². The highest BCUT2D eigenvalue weighted by Gasteiger charge is 2.15. The topological polar surface area (TPSA) is 55.4 Å². The van der Waals surface area contributed by atoms with E-state index >= 15 is 0 Å². The first-order valence-corrected chi connectivity index (χ1v) is 8.76. The summed E-state index contributed by atoms with van der Waals surface area (Å²) >= 11 is 11.7. The van der Waals surface area contributed by atoms with Crippen LogP contribution in [0.15, 0.2) is 47.4 Å². The monoisotopic (exact) mass is 359 g/mol. The van der Waals surface area contributed by atoms with Gasteiger partial charge in [-0.1, -0.05) is 23.2 Å². The summed E-state index contributed by atoms with van der Waals surface area (Å²) < 4.78 is 32.6. The largest absolute Gasteiger partial charge is 0.491 e. The highest BCUT2D eigenvalue weighted by molar-refractivity contribution is 7.92. The van der Waals surface area contributed by atoms with Gasteiger partial charge in [0.2, 0.25) is 0 Å². The van der Waals surface area contributed by atoms with Gasteiger partial charge in [0.1, 0.15) is 5.75 Å². The Balaban J connectivity index is 2.22. The lowest BCUT2D eigenvalue weighted by Crippen LogP contribution is -2.13. The number of ether oxygens (including phenoxy) is 1. The van der Waals surface area contributed by atoms with E-state index in [1.54, 1.807) is 12.1 Å². The lowest BCUT2D eigenvalue weighted by atomic mass is 10.3. The van der Waals surface area contributed by atoms with Crippen molar-refractivity contribution in [3.63, 3.8) is 0 Å². The van der Waals surface area contributed by atoms with Crippen molar-refractivity contribution in [3.05, 3.63) is 52.5 Å². The molecule has 0 fully saturated rings. The molecule has 0 saturated heterocycles. The molecule has 0 spiro atoms. The van der Waals surface area contributed by atoms with E-state index < -0.39 is 10.0 Å². The molecule has 0 aromatic heterocycles. The molecule has 0 unspecified atom stereocenters. The van der Waals surface area contributed by atoms with Gasteiger partial charge in [0.05, 0.1) is 16.7 Å². The summed E-state index contributed by atoms with van der Waals surface area (Å²) in [5, 5.41) is 0.705. The number of benzene rings is 2. The molecule has 0 saturated carbocycles. The van der Waals surface area contributed by atoms with Gasteiger partial charge in [-0.3, -0.25) is 4.72 Å². The summed E-state index contributed by atoms with van der Waals surface area (Å²) in [6.07, 6.45) is 0.0224. The number of halogens is 2. The van der Waals surface area contributed by atoms with E-state index in [2.05, 4.69) is 4.72 Å². The van der Waals surface area contributed by atoms with Crippen LogP contribution in [0.1, 0.15) is 13.8 Å². The predicted molar refractivity (Wildman–Crippen MR) is 89.5 cm³/mol. The summed E-state index contributed by atoms with van der Waals surface area (Å²) in [5.74, 6) is 0.611. The molecule has 0 aliphatic carbocycles. The molecule has 2 rings (SSSR count). The maximum Gasteiger partial charge on any atom is 0.261 e. The fraction of sp³-hybridized carbons (Fsp3) is 0.200. The van der Waals surface area contributed by atoms with E-state index in [1.807, 2.05) is 13.8 Å². The van der Waals surface area contributed by atoms with Crippen molar-refractivity contribution >= 4 is 38.9 Å². The molecule has 1 N–H and O–H groups in total. The van der Waals surface area contributed by atoms with Gasteiger partial charge in [-0.25, -0.2) is 8.42 Å². The predicted octanol–water partition coefficient (Wildman–Crippen LogP) is 4.58. The molecule has 118 valence electrons. The Bertz CT molecular complexity index is 739. The number of anilines is 1. The van der Waals surface area contributed by atoms with Gasteiger partial charge >= 0.3 is 0 Å². The Morgan fingerprint density at radius 2 is 1.55 bits per heavy atom. The highest BCUT2D eigenvalue weighted by atomic mass is 35.5. The van der Waals surface area contributed by atoms with Crippen molar-refractivity contribution in [2.75, 3.05) is 4.72 Å². The lowest BCUT2D eigenvalue weighted by molar-refractivity contribution is 0.242. The van der Waals surface area contributed by atoms with Gasteiger partial charge in [-0.2, -0.15) is 0 Å². The van der Waals surface area contributed by atoms with Crippen molar-refractivity contribution in [2.24, 2.45) is 0 Å². The van der Waals surface area contributed by atoms with Crippen LogP contribution in [0.4, 0.5) is 5.69 Å². The van der Waals surface area contributed by atoms with Crippen LogP contribution in [0, 0.1) is 0 Å². The zero-order chi connectivity index (χ0) is 16.3. The average Bonchev–Trinajstić information content (AvgIpc) is 2.36. The molecular weight excluding hydrogens is 345 g/mol. The van der Waals surface area contributed by atoms with Crippen LogP contribution >= 0.6 is 23.2 Å². The minimum atomic E-state index is -3.71. The third kappa shape index (κ3) is 4.53. The van der Waals surface area contributed by atoms with E-state index in [0.29, 0.717) is 21.5 Å². The highest BCUT2D eigenvalue weighted by Crippen LogP contribution is 2.25. The second-order valence-corrected chi connectivity index (χ2v) is 7.46. The average molecular weight is 360 g/mol. The minimum Gasteiger partial charge on any atom is -0.491 e. The SMILES string of the molecule is CC(C)Oc1ccc(S(=O)(=O)Nc2cc(Cl)cc(Cl)c2)cc1. The van der Waals surface area contributed by atoms with Crippen LogP contribution < -0.4 is 9.46 Å². The molecule has 0 atom stereocenters. The minimum absolute atomic E-state index is 0.0224. The van der Waals surface area contributed by atoms with Gasteiger partial charge in [0.25, 0.3) is 10.0 Å². The molecule has 4 nitrogen and oxygen atoms in total. The zero-order valence-corrected chi connectivity index (χ0v) is 14.3. The number of rotatable bonds is 5. The van der Waals surface area contributed by atoms with E-state index in [1.165, 1.54) is 30.3 Å². The van der Waals surface area contributed by atoms with Crippen LogP contribution in [0.5, 0.6) is 5.75 Å². The van der Waals surface area contributed by atoms with Crippen LogP contribution in [0.2, 0.25) is 10.0 Å². The molecule has 7 heteroatoms. The molecule has 0 amide bonds. The number of nitrogens with one attached hydrogen (secondary N) is 1. The molecule has 22 heavy (non-hydrogen) atoms. The van der Waals surface area contributed by atoms with Crippen molar-refractivity contribution in [3.8, 4) is 5.75 Å². The van der Waals surface area contributed by atoms with Crippen molar-refractivity contribution < 1.29 is 13.2 Å². The van der Waals surface area contributed by atoms with Gasteiger partial charge in [-0.05, 0) is 56.3 Å². The molecule has 0 aliphatic rings. The van der Waals surface area contributed by atoms with E-state index in [0.717, 1.165) is 0 Å². The Labute approximate surface area is 140 Å². The molecule has 0 radical (unpaired) electrons. The number of hydrogen-bond donors (Lipinski definition) is 1. The Kier molecular flexibility index (Phi) is 5.21. The second kappa shape index (κ2) is 6.77. The van der Waals surface area contributed by atoms with Gasteiger partial charge in [-0.15, -0.1) is 0 Å². The summed E-state index contributed by atoms with van der Waals surface area (Å²) in [5.41, 5.74) is 0.306. The fourth-order valence-corrected chi connectivity index (χ4v) is 3.36. The van der Waals surface area contributed by atoms with Crippen LogP contribution in [-0.4, -0.2) is 14.5 Å². The summed E-state index contributed by atoms with van der Waals surface area (Å²) in [6.45, 7) is 3.80. The Morgan fingerprint density at radius 1 is 1.00 bits per heavy atom. The third-order valence-electron chi connectivity index (χ3n) is 2.62. The first-order chi connectivity index (χ1) is 10.3. The van der Waals surface area contributed by atoms with Crippen LogP contribution in [0.3, 0.4) is 0 Å². The van der Waals surface area contributed by atoms with Gasteiger partial charge < -0.3 is 4.74 Å². The summed E-state index contributed by atoms with van der Waals surface area (Å²) in [6, 6.07) is 10.7. The molecule has 0 bridgehead atoms. The first kappa shape index (κ1) is 16.9. The molecule has 0 aliphatic heterocycles. The smallest absolute Gasteiger partial charge is 0.261 e. The summed E-state index contributed by atoms with van der Waals surface area (Å²) in [7, 11) is -3.71.